The maximum Gasteiger partial charge on any atom is 0.261 e. The Balaban J connectivity index is 1.30. The van der Waals surface area contributed by atoms with Crippen molar-refractivity contribution in [3.05, 3.63) is 76.8 Å². The molecule has 0 fully saturated rings. The molecule has 164 valence electrons. The first-order valence-corrected chi connectivity index (χ1v) is 12.2. The van der Waals surface area contributed by atoms with Gasteiger partial charge in [-0.1, -0.05) is 17.7 Å². The maximum atomic E-state index is 12.5. The number of nitrogens with zero attached hydrogens (tertiary/aromatic N) is 2. The van der Waals surface area contributed by atoms with Crippen molar-refractivity contribution in [2.24, 2.45) is 0 Å². The first-order chi connectivity index (χ1) is 15.4. The van der Waals surface area contributed by atoms with E-state index in [4.69, 9.17) is 4.42 Å². The average Bonchev–Trinajstić information content (AvgIpc) is 3.46. The fraction of sp³-hybridized carbons (Fsp3) is 0.136. The fourth-order valence-corrected chi connectivity index (χ4v) is 4.54. The normalized spacial score (nSPS) is 11.3. The van der Waals surface area contributed by atoms with Gasteiger partial charge in [-0.25, -0.2) is 8.42 Å². The number of hydrogen-bond acceptors (Lipinski definition) is 7. The molecular formula is C22H20N4O4S2. The largest absolute Gasteiger partial charge is 0.421 e. The Morgan fingerprint density at radius 2 is 1.72 bits per heavy atom. The second kappa shape index (κ2) is 9.33. The fourth-order valence-electron chi connectivity index (χ4n) is 2.85. The second-order valence-electron chi connectivity index (χ2n) is 7.06. The number of aromatic nitrogens is 2. The van der Waals surface area contributed by atoms with Gasteiger partial charge in [0.25, 0.3) is 10.0 Å². The van der Waals surface area contributed by atoms with Gasteiger partial charge in [-0.15, -0.1) is 10.2 Å². The molecule has 2 heterocycles. The molecule has 2 aromatic carbocycles. The minimum Gasteiger partial charge on any atom is -0.421 e. The highest BCUT2D eigenvalue weighted by Gasteiger charge is 2.14. The molecule has 0 aliphatic heterocycles. The molecule has 0 atom stereocenters. The molecule has 0 unspecified atom stereocenters. The Labute approximate surface area is 189 Å². The van der Waals surface area contributed by atoms with E-state index in [-0.39, 0.29) is 17.2 Å². The lowest BCUT2D eigenvalue weighted by Crippen LogP contribution is -2.14. The molecule has 0 saturated heterocycles. The number of rotatable bonds is 8. The predicted molar refractivity (Wildman–Crippen MR) is 123 cm³/mol. The van der Waals surface area contributed by atoms with Crippen molar-refractivity contribution in [3.63, 3.8) is 0 Å². The van der Waals surface area contributed by atoms with Crippen LogP contribution in [-0.4, -0.2) is 24.5 Å². The van der Waals surface area contributed by atoms with Crippen LogP contribution in [0, 0.1) is 6.92 Å². The standard InChI is InChI=1S/C22H20N4O4S2/c1-15-2-8-19(9-3-15)32(28,29)26-18-6-4-17(5-7-18)23-20(27)10-11-21-24-25-22(30-21)16-12-13-31-14-16/h2-9,12-14,26H,10-11H2,1H3,(H,23,27). The summed E-state index contributed by atoms with van der Waals surface area (Å²) < 4.78 is 33.0. The van der Waals surface area contributed by atoms with E-state index in [0.29, 0.717) is 29.6 Å². The molecule has 2 aromatic heterocycles. The number of nitrogens with one attached hydrogen (secondary N) is 2. The van der Waals surface area contributed by atoms with Crippen molar-refractivity contribution < 1.29 is 17.6 Å². The summed E-state index contributed by atoms with van der Waals surface area (Å²) in [5, 5.41) is 14.6. The third-order valence-corrected chi connectivity index (χ3v) is 6.63. The molecule has 32 heavy (non-hydrogen) atoms. The number of aryl methyl sites for hydroxylation is 2. The molecule has 0 aliphatic rings. The highest BCUT2D eigenvalue weighted by atomic mass is 32.2. The van der Waals surface area contributed by atoms with Crippen LogP contribution < -0.4 is 10.0 Å². The number of benzene rings is 2. The SMILES string of the molecule is Cc1ccc(S(=O)(=O)Nc2ccc(NC(=O)CCc3nnc(-c4ccsc4)o3)cc2)cc1. The van der Waals surface area contributed by atoms with E-state index in [0.717, 1.165) is 11.1 Å². The summed E-state index contributed by atoms with van der Waals surface area (Å²) in [5.74, 6) is 0.612. The van der Waals surface area contributed by atoms with Gasteiger partial charge in [-0.3, -0.25) is 9.52 Å². The van der Waals surface area contributed by atoms with Crippen LogP contribution in [0.25, 0.3) is 11.5 Å². The van der Waals surface area contributed by atoms with Gasteiger partial charge in [0.15, 0.2) is 0 Å². The molecule has 0 spiro atoms. The summed E-state index contributed by atoms with van der Waals surface area (Å²) in [4.78, 5) is 12.4. The number of anilines is 2. The van der Waals surface area contributed by atoms with Gasteiger partial charge in [0, 0.05) is 35.2 Å². The van der Waals surface area contributed by atoms with Crippen LogP contribution >= 0.6 is 11.3 Å². The lowest BCUT2D eigenvalue weighted by Gasteiger charge is -2.10. The Kier molecular flexibility index (Phi) is 6.33. The Bertz CT molecular complexity index is 1300. The van der Waals surface area contributed by atoms with Crippen molar-refractivity contribution in [1.29, 1.82) is 0 Å². The molecule has 4 aromatic rings. The number of carbonyl (C=O) groups is 1. The van der Waals surface area contributed by atoms with Gasteiger partial charge in [0.1, 0.15) is 0 Å². The van der Waals surface area contributed by atoms with Crippen molar-refractivity contribution in [1.82, 2.24) is 10.2 Å². The maximum absolute atomic E-state index is 12.5. The zero-order chi connectivity index (χ0) is 22.6. The summed E-state index contributed by atoms with van der Waals surface area (Å²) in [7, 11) is -3.68. The number of sulfonamides is 1. The van der Waals surface area contributed by atoms with E-state index in [9.17, 15) is 13.2 Å². The Morgan fingerprint density at radius 1 is 1.00 bits per heavy atom. The zero-order valence-corrected chi connectivity index (χ0v) is 18.7. The van der Waals surface area contributed by atoms with Gasteiger partial charge in [-0.2, -0.15) is 11.3 Å². The number of carbonyl (C=O) groups excluding carboxylic acids is 1. The Hall–Kier alpha value is -3.50. The number of amides is 1. The summed E-state index contributed by atoms with van der Waals surface area (Å²) >= 11 is 1.54. The highest BCUT2D eigenvalue weighted by Crippen LogP contribution is 2.21. The van der Waals surface area contributed by atoms with Crippen LogP contribution in [-0.2, 0) is 21.2 Å². The van der Waals surface area contributed by atoms with E-state index in [2.05, 4.69) is 20.2 Å². The minimum atomic E-state index is -3.68. The molecule has 2 N–H and O–H groups in total. The van der Waals surface area contributed by atoms with Crippen LogP contribution in [0.1, 0.15) is 17.9 Å². The molecule has 0 saturated carbocycles. The van der Waals surface area contributed by atoms with Crippen molar-refractivity contribution >= 4 is 38.6 Å². The van der Waals surface area contributed by atoms with Gasteiger partial charge in [0.2, 0.25) is 17.7 Å². The van der Waals surface area contributed by atoms with Crippen molar-refractivity contribution in [3.8, 4) is 11.5 Å². The van der Waals surface area contributed by atoms with E-state index >= 15 is 0 Å². The van der Waals surface area contributed by atoms with Gasteiger partial charge in [-0.05, 0) is 54.8 Å². The van der Waals surface area contributed by atoms with Crippen LogP contribution in [0.4, 0.5) is 11.4 Å². The average molecular weight is 469 g/mol. The molecule has 4 rings (SSSR count). The monoisotopic (exact) mass is 468 g/mol. The molecule has 8 nitrogen and oxygen atoms in total. The van der Waals surface area contributed by atoms with E-state index in [1.807, 2.05) is 23.8 Å². The van der Waals surface area contributed by atoms with Crippen LogP contribution in [0.5, 0.6) is 0 Å². The molecule has 0 aliphatic carbocycles. The summed E-state index contributed by atoms with van der Waals surface area (Å²) in [6.07, 6.45) is 0.491. The van der Waals surface area contributed by atoms with Gasteiger partial charge >= 0.3 is 0 Å². The molecular weight excluding hydrogens is 448 g/mol. The number of hydrogen-bond donors (Lipinski definition) is 2. The van der Waals surface area contributed by atoms with E-state index in [1.165, 1.54) is 11.3 Å². The van der Waals surface area contributed by atoms with Crippen LogP contribution in [0.3, 0.4) is 0 Å². The number of thiophene rings is 1. The Morgan fingerprint density at radius 3 is 2.41 bits per heavy atom. The third kappa shape index (κ3) is 5.40. The topological polar surface area (TPSA) is 114 Å². The van der Waals surface area contributed by atoms with Crippen LogP contribution in [0.15, 0.2) is 74.7 Å². The summed E-state index contributed by atoms with van der Waals surface area (Å²) in [5.41, 5.74) is 2.79. The third-order valence-electron chi connectivity index (χ3n) is 4.55. The first kappa shape index (κ1) is 21.7. The lowest BCUT2D eigenvalue weighted by atomic mass is 10.2. The van der Waals surface area contributed by atoms with Crippen molar-refractivity contribution in [2.45, 2.75) is 24.7 Å². The predicted octanol–water partition coefficient (Wildman–Crippen LogP) is 4.48. The van der Waals surface area contributed by atoms with E-state index in [1.54, 1.807) is 48.5 Å². The minimum absolute atomic E-state index is 0.174. The highest BCUT2D eigenvalue weighted by molar-refractivity contribution is 7.92. The van der Waals surface area contributed by atoms with Crippen LogP contribution in [0.2, 0.25) is 0 Å². The smallest absolute Gasteiger partial charge is 0.261 e. The second-order valence-corrected chi connectivity index (χ2v) is 9.52. The quantitative estimate of drug-likeness (QED) is 0.394. The molecule has 0 bridgehead atoms. The zero-order valence-electron chi connectivity index (χ0n) is 17.1. The molecule has 1 amide bonds. The lowest BCUT2D eigenvalue weighted by molar-refractivity contribution is -0.116. The first-order valence-electron chi connectivity index (χ1n) is 9.73. The summed E-state index contributed by atoms with van der Waals surface area (Å²) in [6.45, 7) is 1.89. The molecule has 0 radical (unpaired) electrons. The van der Waals surface area contributed by atoms with Gasteiger partial charge < -0.3 is 9.73 Å². The molecule has 10 heteroatoms. The van der Waals surface area contributed by atoms with E-state index < -0.39 is 10.0 Å². The van der Waals surface area contributed by atoms with Crippen molar-refractivity contribution in [2.75, 3.05) is 10.0 Å². The van der Waals surface area contributed by atoms with Gasteiger partial charge in [0.05, 0.1) is 4.90 Å². The summed E-state index contributed by atoms with van der Waals surface area (Å²) in [6, 6.07) is 14.9.